The highest BCUT2D eigenvalue weighted by Gasteiger charge is 2.31. The summed E-state index contributed by atoms with van der Waals surface area (Å²) >= 11 is 12.1. The Bertz CT molecular complexity index is 1200. The van der Waals surface area contributed by atoms with E-state index in [9.17, 15) is 13.2 Å². The van der Waals surface area contributed by atoms with Crippen molar-refractivity contribution in [3.8, 4) is 0 Å². The molecule has 0 saturated carbocycles. The average Bonchev–Trinajstić information content (AvgIpc) is 3.29. The van der Waals surface area contributed by atoms with Crippen LogP contribution >= 0.6 is 23.2 Å². The summed E-state index contributed by atoms with van der Waals surface area (Å²) in [5.41, 5.74) is 0.691. The molecule has 0 amide bonds. The van der Waals surface area contributed by atoms with E-state index in [-0.39, 0.29) is 6.54 Å². The van der Waals surface area contributed by atoms with Crippen molar-refractivity contribution < 1.29 is 13.2 Å². The number of nitrogens with one attached hydrogen (secondary N) is 1. The van der Waals surface area contributed by atoms with E-state index in [1.165, 1.54) is 10.7 Å². The molecule has 11 heteroatoms. The zero-order chi connectivity index (χ0) is 20.6. The molecule has 0 unspecified atom stereocenters. The van der Waals surface area contributed by atoms with Crippen LogP contribution in [0.15, 0.2) is 36.4 Å². The van der Waals surface area contributed by atoms with Gasteiger partial charge >= 0.3 is 6.18 Å². The summed E-state index contributed by atoms with van der Waals surface area (Å²) < 4.78 is 41.1. The topological polar surface area (TPSA) is 72.3 Å². The van der Waals surface area contributed by atoms with E-state index in [1.54, 1.807) is 30.4 Å². The lowest BCUT2D eigenvalue weighted by Crippen LogP contribution is -2.06. The predicted molar refractivity (Wildman–Crippen MR) is 103 cm³/mol. The Morgan fingerprint density at radius 3 is 2.59 bits per heavy atom. The lowest BCUT2D eigenvalue weighted by atomic mass is 10.1. The third kappa shape index (κ3) is 4.10. The van der Waals surface area contributed by atoms with Crippen LogP contribution in [0.25, 0.3) is 23.1 Å². The normalized spacial score (nSPS) is 12.3. The number of rotatable bonds is 4. The van der Waals surface area contributed by atoms with Crippen LogP contribution in [-0.2, 0) is 12.7 Å². The molecule has 148 valence electrons. The molecule has 0 atom stereocenters. The number of tetrazole rings is 1. The fourth-order valence-electron chi connectivity index (χ4n) is 2.82. The Labute approximate surface area is 171 Å². The lowest BCUT2D eigenvalue weighted by molar-refractivity contribution is -0.137. The fourth-order valence-corrected chi connectivity index (χ4v) is 3.29. The molecule has 2 heterocycles. The highest BCUT2D eigenvalue weighted by molar-refractivity contribution is 6.35. The predicted octanol–water partition coefficient (Wildman–Crippen LogP) is 5.09. The molecule has 0 aliphatic heterocycles. The highest BCUT2D eigenvalue weighted by atomic mass is 35.5. The molecule has 0 aliphatic rings. The van der Waals surface area contributed by atoms with Crippen LogP contribution < -0.4 is 0 Å². The Morgan fingerprint density at radius 2 is 1.90 bits per heavy atom. The average molecular weight is 439 g/mol. The number of aromatic nitrogens is 6. The van der Waals surface area contributed by atoms with Gasteiger partial charge in [0, 0.05) is 15.4 Å². The van der Waals surface area contributed by atoms with Gasteiger partial charge in [-0.25, -0.2) is 0 Å². The van der Waals surface area contributed by atoms with Gasteiger partial charge in [-0.05, 0) is 53.3 Å². The molecule has 29 heavy (non-hydrogen) atoms. The first-order valence-electron chi connectivity index (χ1n) is 8.24. The summed E-state index contributed by atoms with van der Waals surface area (Å²) in [5.74, 6) is 0.320. The standard InChI is InChI=1S/C18H11Cl2F3N6/c19-12-3-1-10(14(20)8-12)9-29-16-7-11(18(21,22)23)2-4-13(16)15(26-29)5-6-17-24-27-28-25-17/h1-8H,9H2,(H,24,25,27,28)/b6-5+. The molecule has 0 bridgehead atoms. The first kappa shape index (κ1) is 19.4. The first-order valence-corrected chi connectivity index (χ1v) is 9.00. The van der Waals surface area contributed by atoms with E-state index >= 15 is 0 Å². The van der Waals surface area contributed by atoms with Crippen LogP contribution in [0.3, 0.4) is 0 Å². The number of aromatic amines is 1. The largest absolute Gasteiger partial charge is 0.416 e. The van der Waals surface area contributed by atoms with Gasteiger partial charge in [-0.2, -0.15) is 23.5 Å². The number of hydrogen-bond donors (Lipinski definition) is 1. The second-order valence-electron chi connectivity index (χ2n) is 6.11. The Morgan fingerprint density at radius 1 is 1.07 bits per heavy atom. The zero-order valence-corrected chi connectivity index (χ0v) is 16.0. The third-order valence-corrected chi connectivity index (χ3v) is 4.78. The molecule has 4 rings (SSSR count). The molecular weight excluding hydrogens is 428 g/mol. The Balaban J connectivity index is 1.82. The molecule has 0 saturated heterocycles. The van der Waals surface area contributed by atoms with E-state index in [2.05, 4.69) is 25.7 Å². The Hall–Kier alpha value is -2.91. The number of fused-ring (bicyclic) bond motifs is 1. The molecule has 0 radical (unpaired) electrons. The highest BCUT2D eigenvalue weighted by Crippen LogP contribution is 2.33. The molecule has 0 aliphatic carbocycles. The lowest BCUT2D eigenvalue weighted by Gasteiger charge is -2.09. The number of halogens is 5. The van der Waals surface area contributed by atoms with Gasteiger partial charge in [0.15, 0.2) is 5.82 Å². The van der Waals surface area contributed by atoms with E-state index in [0.29, 0.717) is 38.0 Å². The molecule has 6 nitrogen and oxygen atoms in total. The second-order valence-corrected chi connectivity index (χ2v) is 6.96. The van der Waals surface area contributed by atoms with Crippen molar-refractivity contribution in [3.05, 3.63) is 69.1 Å². The van der Waals surface area contributed by atoms with Crippen molar-refractivity contribution in [2.75, 3.05) is 0 Å². The monoisotopic (exact) mass is 438 g/mol. The van der Waals surface area contributed by atoms with Gasteiger partial charge in [-0.15, -0.1) is 10.2 Å². The van der Waals surface area contributed by atoms with Crippen molar-refractivity contribution in [1.82, 2.24) is 30.4 Å². The molecular formula is C18H11Cl2F3N6. The van der Waals surface area contributed by atoms with Crippen molar-refractivity contribution in [1.29, 1.82) is 0 Å². The molecule has 0 fully saturated rings. The summed E-state index contributed by atoms with van der Waals surface area (Å²) in [5, 5.41) is 19.2. The summed E-state index contributed by atoms with van der Waals surface area (Å²) in [7, 11) is 0. The summed E-state index contributed by atoms with van der Waals surface area (Å²) in [6, 6.07) is 8.42. The van der Waals surface area contributed by atoms with Crippen LogP contribution in [0.1, 0.15) is 22.6 Å². The van der Waals surface area contributed by atoms with Crippen molar-refractivity contribution in [2.45, 2.75) is 12.7 Å². The van der Waals surface area contributed by atoms with E-state index in [4.69, 9.17) is 23.2 Å². The van der Waals surface area contributed by atoms with E-state index in [0.717, 1.165) is 12.1 Å². The molecule has 0 spiro atoms. The fraction of sp³-hybridized carbons (Fsp3) is 0.111. The maximum atomic E-state index is 13.2. The van der Waals surface area contributed by atoms with Crippen molar-refractivity contribution in [2.24, 2.45) is 0 Å². The van der Waals surface area contributed by atoms with Crippen LogP contribution in [0.5, 0.6) is 0 Å². The SMILES string of the molecule is FC(F)(F)c1ccc2c(/C=C/c3nn[nH]n3)nn(Cc3ccc(Cl)cc3Cl)c2c1. The molecule has 2 aromatic carbocycles. The number of H-pyrrole nitrogens is 1. The van der Waals surface area contributed by atoms with Gasteiger partial charge in [0.2, 0.25) is 0 Å². The summed E-state index contributed by atoms with van der Waals surface area (Å²) in [6.07, 6.45) is -1.30. The summed E-state index contributed by atoms with van der Waals surface area (Å²) in [4.78, 5) is 0. The van der Waals surface area contributed by atoms with E-state index in [1.807, 2.05) is 0 Å². The van der Waals surface area contributed by atoms with Crippen molar-refractivity contribution in [3.63, 3.8) is 0 Å². The van der Waals surface area contributed by atoms with Gasteiger partial charge in [0.1, 0.15) is 0 Å². The zero-order valence-electron chi connectivity index (χ0n) is 14.5. The second kappa shape index (κ2) is 7.49. The third-order valence-electron chi connectivity index (χ3n) is 4.19. The number of hydrogen-bond acceptors (Lipinski definition) is 4. The number of benzene rings is 2. The smallest absolute Gasteiger partial charge is 0.260 e. The van der Waals surface area contributed by atoms with Gasteiger partial charge < -0.3 is 0 Å². The quantitative estimate of drug-likeness (QED) is 0.481. The van der Waals surface area contributed by atoms with Gasteiger partial charge in [0.05, 0.1) is 23.3 Å². The van der Waals surface area contributed by atoms with Crippen LogP contribution in [0.2, 0.25) is 10.0 Å². The van der Waals surface area contributed by atoms with Gasteiger partial charge in [0.25, 0.3) is 0 Å². The first-order chi connectivity index (χ1) is 13.8. The minimum absolute atomic E-state index is 0.170. The number of alkyl halides is 3. The molecule has 4 aromatic rings. The van der Waals surface area contributed by atoms with Gasteiger partial charge in [-0.3, -0.25) is 4.68 Å². The molecule has 1 N–H and O–H groups in total. The summed E-state index contributed by atoms with van der Waals surface area (Å²) in [6.45, 7) is 0.170. The van der Waals surface area contributed by atoms with Gasteiger partial charge in [-0.1, -0.05) is 29.3 Å². The maximum absolute atomic E-state index is 13.2. The van der Waals surface area contributed by atoms with Crippen molar-refractivity contribution >= 4 is 46.3 Å². The minimum Gasteiger partial charge on any atom is -0.260 e. The molecule has 2 aromatic heterocycles. The number of nitrogens with zero attached hydrogens (tertiary/aromatic N) is 5. The van der Waals surface area contributed by atoms with Crippen LogP contribution in [-0.4, -0.2) is 30.4 Å². The van der Waals surface area contributed by atoms with E-state index < -0.39 is 11.7 Å². The van der Waals surface area contributed by atoms with Crippen LogP contribution in [0.4, 0.5) is 13.2 Å². The van der Waals surface area contributed by atoms with Crippen LogP contribution in [0, 0.1) is 0 Å². The maximum Gasteiger partial charge on any atom is 0.416 e. The minimum atomic E-state index is -4.47. The Kier molecular flexibility index (Phi) is 5.01.